The number of rotatable bonds is 3. The minimum absolute atomic E-state index is 0.193. The van der Waals surface area contributed by atoms with Crippen LogP contribution in [0.2, 0.25) is 0 Å². The van der Waals surface area contributed by atoms with Gasteiger partial charge in [0.1, 0.15) is 0 Å². The van der Waals surface area contributed by atoms with Crippen LogP contribution in [0, 0.1) is 0 Å². The molecule has 1 aliphatic heterocycles. The number of pyridine rings is 1. The average molecular weight is 240 g/mol. The second-order valence-electron chi connectivity index (χ2n) is 4.83. The van der Waals surface area contributed by atoms with E-state index in [1.807, 2.05) is 24.3 Å². The maximum absolute atomic E-state index is 12.3. The fourth-order valence-electron chi connectivity index (χ4n) is 2.60. The highest BCUT2D eigenvalue weighted by Gasteiger charge is 2.19. The van der Waals surface area contributed by atoms with Crippen molar-refractivity contribution >= 4 is 16.6 Å². The van der Waals surface area contributed by atoms with Crippen molar-refractivity contribution in [2.75, 3.05) is 6.54 Å². The first-order valence-electron chi connectivity index (χ1n) is 6.44. The molecule has 1 aliphatic rings. The van der Waals surface area contributed by atoms with Gasteiger partial charge < -0.3 is 5.32 Å². The Balaban J connectivity index is 1.91. The third-order valence-corrected chi connectivity index (χ3v) is 3.56. The van der Waals surface area contributed by atoms with Crippen molar-refractivity contribution in [3.05, 3.63) is 42.2 Å². The summed E-state index contributed by atoms with van der Waals surface area (Å²) in [6.07, 6.45) is 6.35. The number of hydrogen-bond donors (Lipinski definition) is 1. The minimum atomic E-state index is 0.193. The lowest BCUT2D eigenvalue weighted by atomic mass is 9.99. The van der Waals surface area contributed by atoms with Gasteiger partial charge in [-0.05, 0) is 24.8 Å². The summed E-state index contributed by atoms with van der Waals surface area (Å²) in [4.78, 5) is 16.5. The molecular weight excluding hydrogens is 224 g/mol. The highest BCUT2D eigenvalue weighted by molar-refractivity contribution is 6.07. The number of carbonyl (C=O) groups excluding carboxylic acids is 1. The molecule has 3 rings (SSSR count). The van der Waals surface area contributed by atoms with Crippen molar-refractivity contribution in [1.29, 1.82) is 0 Å². The molecular formula is C15H16N2O. The molecule has 0 amide bonds. The number of nitrogens with zero attached hydrogens (tertiary/aromatic N) is 1. The Bertz CT molecular complexity index is 568. The molecule has 3 heteroatoms. The standard InChI is InChI=1S/C15H16N2O/c18-15(8-12-5-3-7-17-12)14-10-16-9-11-4-1-2-6-13(11)14/h1-2,4,6,9-10,12,17H,3,5,7-8H2. The van der Waals surface area contributed by atoms with E-state index in [4.69, 9.17) is 0 Å². The molecule has 3 nitrogen and oxygen atoms in total. The van der Waals surface area contributed by atoms with Crippen LogP contribution in [0.15, 0.2) is 36.7 Å². The van der Waals surface area contributed by atoms with Gasteiger partial charge in [0.05, 0.1) is 0 Å². The molecule has 2 aromatic rings. The Labute approximate surface area is 106 Å². The molecule has 1 unspecified atom stereocenters. The number of benzene rings is 1. The molecule has 0 saturated carbocycles. The molecule has 0 radical (unpaired) electrons. The van der Waals surface area contributed by atoms with Gasteiger partial charge in [-0.25, -0.2) is 0 Å². The van der Waals surface area contributed by atoms with Gasteiger partial charge in [-0.3, -0.25) is 9.78 Å². The van der Waals surface area contributed by atoms with Gasteiger partial charge in [0.15, 0.2) is 5.78 Å². The van der Waals surface area contributed by atoms with Crippen LogP contribution >= 0.6 is 0 Å². The SMILES string of the molecule is O=C(CC1CCCN1)c1cncc2ccccc12. The van der Waals surface area contributed by atoms with E-state index in [-0.39, 0.29) is 5.78 Å². The first-order valence-corrected chi connectivity index (χ1v) is 6.44. The summed E-state index contributed by atoms with van der Waals surface area (Å²) in [7, 11) is 0. The lowest BCUT2D eigenvalue weighted by Gasteiger charge is -2.10. The van der Waals surface area contributed by atoms with Crippen molar-refractivity contribution in [3.63, 3.8) is 0 Å². The zero-order valence-corrected chi connectivity index (χ0v) is 10.2. The van der Waals surface area contributed by atoms with Crippen LogP contribution in [0.25, 0.3) is 10.8 Å². The van der Waals surface area contributed by atoms with Gasteiger partial charge in [-0.2, -0.15) is 0 Å². The summed E-state index contributed by atoms with van der Waals surface area (Å²) in [5, 5.41) is 5.40. The van der Waals surface area contributed by atoms with E-state index in [0.717, 1.165) is 29.3 Å². The zero-order valence-electron chi connectivity index (χ0n) is 10.2. The largest absolute Gasteiger partial charge is 0.314 e. The van der Waals surface area contributed by atoms with Crippen LogP contribution in [0.4, 0.5) is 0 Å². The van der Waals surface area contributed by atoms with Gasteiger partial charge >= 0.3 is 0 Å². The van der Waals surface area contributed by atoms with E-state index in [0.29, 0.717) is 12.5 Å². The molecule has 1 N–H and O–H groups in total. The van der Waals surface area contributed by atoms with E-state index in [1.54, 1.807) is 12.4 Å². The van der Waals surface area contributed by atoms with E-state index in [2.05, 4.69) is 10.3 Å². The lowest BCUT2D eigenvalue weighted by Crippen LogP contribution is -2.24. The van der Waals surface area contributed by atoms with Gasteiger partial charge in [-0.15, -0.1) is 0 Å². The summed E-state index contributed by atoms with van der Waals surface area (Å²) in [5.74, 6) is 0.193. The first kappa shape index (κ1) is 11.4. The van der Waals surface area contributed by atoms with Crippen LogP contribution in [-0.2, 0) is 0 Å². The lowest BCUT2D eigenvalue weighted by molar-refractivity contribution is 0.0973. The fraction of sp³-hybridized carbons (Fsp3) is 0.333. The van der Waals surface area contributed by atoms with Gasteiger partial charge in [0, 0.05) is 35.8 Å². The number of hydrogen-bond acceptors (Lipinski definition) is 3. The van der Waals surface area contributed by atoms with Crippen molar-refractivity contribution in [2.24, 2.45) is 0 Å². The van der Waals surface area contributed by atoms with Gasteiger partial charge in [0.25, 0.3) is 0 Å². The van der Waals surface area contributed by atoms with E-state index in [1.165, 1.54) is 6.42 Å². The highest BCUT2D eigenvalue weighted by atomic mass is 16.1. The number of nitrogens with one attached hydrogen (secondary N) is 1. The number of Topliss-reactive ketones (excluding diaryl/α,β-unsaturated/α-hetero) is 1. The minimum Gasteiger partial charge on any atom is -0.314 e. The smallest absolute Gasteiger partial charge is 0.166 e. The molecule has 1 saturated heterocycles. The summed E-state index contributed by atoms with van der Waals surface area (Å²) in [6.45, 7) is 1.03. The molecule has 1 fully saturated rings. The Morgan fingerprint density at radius 3 is 3.06 bits per heavy atom. The second kappa shape index (κ2) is 4.86. The Hall–Kier alpha value is -1.74. The van der Waals surface area contributed by atoms with Gasteiger partial charge in [0.2, 0.25) is 0 Å². The third-order valence-electron chi connectivity index (χ3n) is 3.56. The quantitative estimate of drug-likeness (QED) is 0.838. The number of ketones is 1. The van der Waals surface area contributed by atoms with Crippen LogP contribution in [-0.4, -0.2) is 23.4 Å². The van der Waals surface area contributed by atoms with Crippen LogP contribution in [0.5, 0.6) is 0 Å². The predicted molar refractivity (Wildman–Crippen MR) is 71.7 cm³/mol. The molecule has 0 aliphatic carbocycles. The summed E-state index contributed by atoms with van der Waals surface area (Å²) >= 11 is 0. The Morgan fingerprint density at radius 1 is 1.33 bits per heavy atom. The second-order valence-corrected chi connectivity index (χ2v) is 4.83. The molecule has 1 aromatic carbocycles. The Morgan fingerprint density at radius 2 is 2.22 bits per heavy atom. The van der Waals surface area contributed by atoms with Crippen molar-refractivity contribution < 1.29 is 4.79 Å². The van der Waals surface area contributed by atoms with Gasteiger partial charge in [-0.1, -0.05) is 24.3 Å². The molecule has 1 aromatic heterocycles. The zero-order chi connectivity index (χ0) is 12.4. The molecule has 1 atom stereocenters. The van der Waals surface area contributed by atoms with E-state index < -0.39 is 0 Å². The van der Waals surface area contributed by atoms with Crippen molar-refractivity contribution in [2.45, 2.75) is 25.3 Å². The maximum Gasteiger partial charge on any atom is 0.166 e. The first-order chi connectivity index (χ1) is 8.84. The normalized spacial score (nSPS) is 19.2. The maximum atomic E-state index is 12.3. The molecule has 0 bridgehead atoms. The van der Waals surface area contributed by atoms with E-state index >= 15 is 0 Å². The molecule has 0 spiro atoms. The summed E-state index contributed by atoms with van der Waals surface area (Å²) < 4.78 is 0. The van der Waals surface area contributed by atoms with Crippen LogP contribution < -0.4 is 5.32 Å². The number of carbonyl (C=O) groups is 1. The van der Waals surface area contributed by atoms with Crippen molar-refractivity contribution in [3.8, 4) is 0 Å². The molecule has 18 heavy (non-hydrogen) atoms. The fourth-order valence-corrected chi connectivity index (χ4v) is 2.60. The number of aromatic nitrogens is 1. The average Bonchev–Trinajstić information content (AvgIpc) is 2.91. The predicted octanol–water partition coefficient (Wildman–Crippen LogP) is 2.56. The topological polar surface area (TPSA) is 42.0 Å². The summed E-state index contributed by atoms with van der Waals surface area (Å²) in [6, 6.07) is 8.26. The third kappa shape index (κ3) is 2.14. The van der Waals surface area contributed by atoms with E-state index in [9.17, 15) is 4.79 Å². The van der Waals surface area contributed by atoms with Crippen molar-refractivity contribution in [1.82, 2.24) is 10.3 Å². The summed E-state index contributed by atoms with van der Waals surface area (Å²) in [5.41, 5.74) is 0.752. The molecule has 2 heterocycles. The van der Waals surface area contributed by atoms with Crippen LogP contribution in [0.1, 0.15) is 29.6 Å². The Kier molecular flexibility index (Phi) is 3.07. The van der Waals surface area contributed by atoms with Crippen LogP contribution in [0.3, 0.4) is 0 Å². The number of fused-ring (bicyclic) bond motifs is 1. The highest BCUT2D eigenvalue weighted by Crippen LogP contribution is 2.20. The monoisotopic (exact) mass is 240 g/mol. The molecule has 92 valence electrons.